The highest BCUT2D eigenvalue weighted by Crippen LogP contribution is 2.29. The minimum Gasteiger partial charge on any atom is -0.363 e. The van der Waals surface area contributed by atoms with Gasteiger partial charge in [0.05, 0.1) is 12.1 Å². The Morgan fingerprint density at radius 1 is 1.22 bits per heavy atom. The van der Waals surface area contributed by atoms with Gasteiger partial charge in [0.1, 0.15) is 0 Å². The average molecular weight is 363 g/mol. The van der Waals surface area contributed by atoms with E-state index in [0.29, 0.717) is 6.61 Å². The third-order valence-electron chi connectivity index (χ3n) is 5.06. The van der Waals surface area contributed by atoms with Crippen LogP contribution in [-0.4, -0.2) is 42.6 Å². The van der Waals surface area contributed by atoms with Crippen molar-refractivity contribution in [3.05, 3.63) is 65.9 Å². The largest absolute Gasteiger partial charge is 0.363 e. The number of amides is 1. The second-order valence-electron chi connectivity index (χ2n) is 7.27. The van der Waals surface area contributed by atoms with Gasteiger partial charge >= 0.3 is 0 Å². The molecule has 1 aliphatic heterocycles. The van der Waals surface area contributed by atoms with Gasteiger partial charge in [0.25, 0.3) is 5.91 Å². The molecule has 4 rings (SSSR count). The summed E-state index contributed by atoms with van der Waals surface area (Å²) in [5.41, 5.74) is 4.08. The molecule has 0 fully saturated rings. The van der Waals surface area contributed by atoms with Crippen LogP contribution in [-0.2, 0) is 22.5 Å². The maximum atomic E-state index is 12.9. The molecule has 0 saturated heterocycles. The van der Waals surface area contributed by atoms with Crippen molar-refractivity contribution in [1.29, 1.82) is 0 Å². The second kappa shape index (κ2) is 7.55. The Kier molecular flexibility index (Phi) is 4.97. The lowest BCUT2D eigenvalue weighted by Gasteiger charge is -2.25. The number of likely N-dealkylation sites (N-methyl/N-ethyl adjacent to an activating group) is 1. The van der Waals surface area contributed by atoms with Gasteiger partial charge < -0.3 is 19.5 Å². The molecule has 2 heterocycles. The molecule has 1 N–H and O–H groups in total. The zero-order valence-electron chi connectivity index (χ0n) is 15.8. The molecular formula is C22H25N3O2. The van der Waals surface area contributed by atoms with Gasteiger partial charge in [0.2, 0.25) is 0 Å². The van der Waals surface area contributed by atoms with E-state index in [1.165, 1.54) is 10.9 Å². The molecule has 0 bridgehead atoms. The molecule has 1 aliphatic rings. The average Bonchev–Trinajstić information content (AvgIpc) is 3.08. The first-order chi connectivity index (χ1) is 13.1. The molecule has 1 unspecified atom stereocenters. The molecule has 27 heavy (non-hydrogen) atoms. The van der Waals surface area contributed by atoms with Crippen LogP contribution in [0.3, 0.4) is 0 Å². The predicted molar refractivity (Wildman–Crippen MR) is 108 cm³/mol. The standard InChI is InChI=1S/C22H25N3O2/c1-24(2)12-13-25-11-9-17-7-8-18(15-20(17)25)23-22(26)21-19-6-4-3-5-16(19)10-14-27-21/h3-9,11,15,21H,10,12-14H2,1-2H3,(H,23,26). The van der Waals surface area contributed by atoms with Crippen LogP contribution in [0.2, 0.25) is 0 Å². The summed E-state index contributed by atoms with van der Waals surface area (Å²) < 4.78 is 8.00. The van der Waals surface area contributed by atoms with Gasteiger partial charge in [-0.15, -0.1) is 0 Å². The summed E-state index contributed by atoms with van der Waals surface area (Å²) in [7, 11) is 4.14. The normalized spacial score (nSPS) is 16.5. The summed E-state index contributed by atoms with van der Waals surface area (Å²) in [4.78, 5) is 15.0. The van der Waals surface area contributed by atoms with Crippen LogP contribution in [0.4, 0.5) is 5.69 Å². The van der Waals surface area contributed by atoms with Crippen molar-refractivity contribution in [2.24, 2.45) is 0 Å². The van der Waals surface area contributed by atoms with E-state index < -0.39 is 6.10 Å². The zero-order chi connectivity index (χ0) is 18.8. The Hall–Kier alpha value is -2.63. The summed E-state index contributed by atoms with van der Waals surface area (Å²) in [6.45, 7) is 2.45. The fraction of sp³-hybridized carbons (Fsp3) is 0.318. The van der Waals surface area contributed by atoms with Crippen molar-refractivity contribution in [3.8, 4) is 0 Å². The molecular weight excluding hydrogens is 338 g/mol. The molecule has 1 atom stereocenters. The smallest absolute Gasteiger partial charge is 0.258 e. The van der Waals surface area contributed by atoms with Gasteiger partial charge in [-0.1, -0.05) is 30.3 Å². The molecule has 0 spiro atoms. The fourth-order valence-corrected chi connectivity index (χ4v) is 3.58. The van der Waals surface area contributed by atoms with Crippen LogP contribution in [0, 0.1) is 0 Å². The predicted octanol–water partition coefficient (Wildman–Crippen LogP) is 3.46. The van der Waals surface area contributed by atoms with Gasteiger partial charge in [-0.05, 0) is 55.2 Å². The van der Waals surface area contributed by atoms with Crippen molar-refractivity contribution in [2.75, 3.05) is 32.6 Å². The summed E-state index contributed by atoms with van der Waals surface area (Å²) in [6, 6.07) is 16.2. The van der Waals surface area contributed by atoms with Crippen LogP contribution in [0.15, 0.2) is 54.7 Å². The Morgan fingerprint density at radius 3 is 2.93 bits per heavy atom. The number of hydrogen-bond acceptors (Lipinski definition) is 3. The monoisotopic (exact) mass is 363 g/mol. The number of nitrogens with zero attached hydrogens (tertiary/aromatic N) is 2. The Bertz CT molecular complexity index is 961. The van der Waals surface area contributed by atoms with E-state index in [9.17, 15) is 4.79 Å². The first-order valence-electron chi connectivity index (χ1n) is 9.36. The van der Waals surface area contributed by atoms with Crippen LogP contribution >= 0.6 is 0 Å². The number of anilines is 1. The fourth-order valence-electron chi connectivity index (χ4n) is 3.58. The van der Waals surface area contributed by atoms with E-state index in [1.54, 1.807) is 0 Å². The van der Waals surface area contributed by atoms with Crippen molar-refractivity contribution in [1.82, 2.24) is 9.47 Å². The molecule has 140 valence electrons. The Balaban J connectivity index is 1.55. The Morgan fingerprint density at radius 2 is 2.07 bits per heavy atom. The van der Waals surface area contributed by atoms with E-state index in [0.717, 1.165) is 36.3 Å². The summed E-state index contributed by atoms with van der Waals surface area (Å²) in [6.07, 6.45) is 2.40. The topological polar surface area (TPSA) is 46.5 Å². The third-order valence-corrected chi connectivity index (χ3v) is 5.06. The van der Waals surface area contributed by atoms with Crippen molar-refractivity contribution in [3.63, 3.8) is 0 Å². The zero-order valence-corrected chi connectivity index (χ0v) is 15.8. The van der Waals surface area contributed by atoms with E-state index in [4.69, 9.17) is 4.74 Å². The Labute approximate surface area is 159 Å². The third kappa shape index (κ3) is 3.75. The second-order valence-corrected chi connectivity index (χ2v) is 7.27. The highest BCUT2D eigenvalue weighted by atomic mass is 16.5. The van der Waals surface area contributed by atoms with Crippen molar-refractivity contribution in [2.45, 2.75) is 19.1 Å². The van der Waals surface area contributed by atoms with E-state index in [-0.39, 0.29) is 5.91 Å². The number of fused-ring (bicyclic) bond motifs is 2. The first-order valence-corrected chi connectivity index (χ1v) is 9.36. The van der Waals surface area contributed by atoms with Gasteiger partial charge in [0.15, 0.2) is 6.10 Å². The highest BCUT2D eigenvalue weighted by Gasteiger charge is 2.27. The molecule has 3 aromatic rings. The quantitative estimate of drug-likeness (QED) is 0.755. The number of carbonyl (C=O) groups excluding carboxylic acids is 1. The SMILES string of the molecule is CN(C)CCn1ccc2ccc(NC(=O)C3OCCc4ccccc43)cc21. The number of benzene rings is 2. The van der Waals surface area contributed by atoms with Gasteiger partial charge in [-0.2, -0.15) is 0 Å². The number of carbonyl (C=O) groups is 1. The maximum absolute atomic E-state index is 12.9. The lowest BCUT2D eigenvalue weighted by atomic mass is 9.97. The number of ether oxygens (including phenoxy) is 1. The molecule has 0 saturated carbocycles. The number of aromatic nitrogens is 1. The molecule has 1 amide bonds. The van der Waals surface area contributed by atoms with Crippen LogP contribution in [0.5, 0.6) is 0 Å². The number of rotatable bonds is 5. The summed E-state index contributed by atoms with van der Waals surface area (Å²) in [5.74, 6) is -0.118. The van der Waals surface area contributed by atoms with Crippen LogP contribution in [0.1, 0.15) is 17.2 Å². The van der Waals surface area contributed by atoms with Crippen molar-refractivity contribution >= 4 is 22.5 Å². The molecule has 1 aromatic heterocycles. The van der Waals surface area contributed by atoms with E-state index in [2.05, 4.69) is 47.2 Å². The molecule has 5 heteroatoms. The van der Waals surface area contributed by atoms with Crippen molar-refractivity contribution < 1.29 is 9.53 Å². The minimum atomic E-state index is -0.550. The minimum absolute atomic E-state index is 0.118. The lowest BCUT2D eigenvalue weighted by molar-refractivity contribution is -0.128. The summed E-state index contributed by atoms with van der Waals surface area (Å²) >= 11 is 0. The lowest BCUT2D eigenvalue weighted by Crippen LogP contribution is -2.28. The number of nitrogens with one attached hydrogen (secondary N) is 1. The molecule has 5 nitrogen and oxygen atoms in total. The van der Waals surface area contributed by atoms with Gasteiger partial charge in [0, 0.05) is 25.0 Å². The number of hydrogen-bond donors (Lipinski definition) is 1. The maximum Gasteiger partial charge on any atom is 0.258 e. The molecule has 0 aliphatic carbocycles. The van der Waals surface area contributed by atoms with Crippen LogP contribution < -0.4 is 5.32 Å². The van der Waals surface area contributed by atoms with Crippen LogP contribution in [0.25, 0.3) is 10.9 Å². The van der Waals surface area contributed by atoms with Gasteiger partial charge in [-0.3, -0.25) is 4.79 Å². The van der Waals surface area contributed by atoms with E-state index in [1.807, 2.05) is 36.4 Å². The molecule has 0 radical (unpaired) electrons. The molecule has 2 aromatic carbocycles. The highest BCUT2D eigenvalue weighted by molar-refractivity contribution is 5.97. The van der Waals surface area contributed by atoms with E-state index >= 15 is 0 Å². The summed E-state index contributed by atoms with van der Waals surface area (Å²) in [5, 5.41) is 4.21. The first kappa shape index (κ1) is 17.8. The van der Waals surface area contributed by atoms with Gasteiger partial charge in [-0.25, -0.2) is 0 Å².